The van der Waals surface area contributed by atoms with Gasteiger partial charge >= 0.3 is 18.1 Å². The van der Waals surface area contributed by atoms with Crippen LogP contribution in [0.4, 0.5) is 13.2 Å². The Hall–Kier alpha value is -2.35. The lowest BCUT2D eigenvalue weighted by atomic mass is 9.94. The molecule has 2 atom stereocenters. The predicted molar refractivity (Wildman–Crippen MR) is 88.5 cm³/mol. The number of carboxylic acid groups (broad SMARTS) is 2. The van der Waals surface area contributed by atoms with Crippen molar-refractivity contribution in [1.82, 2.24) is 4.90 Å². The van der Waals surface area contributed by atoms with Gasteiger partial charge in [-0.15, -0.1) is 0 Å². The van der Waals surface area contributed by atoms with Crippen LogP contribution in [0, 0.1) is 0 Å². The van der Waals surface area contributed by atoms with Gasteiger partial charge in [-0.2, -0.15) is 13.2 Å². The molecule has 2 unspecified atom stereocenters. The molecule has 142 valence electrons. The van der Waals surface area contributed by atoms with Crippen molar-refractivity contribution in [2.75, 3.05) is 7.05 Å². The lowest BCUT2D eigenvalue weighted by Crippen LogP contribution is -2.34. The van der Waals surface area contributed by atoms with E-state index in [4.69, 9.17) is 10.2 Å². The molecule has 2 heterocycles. The Balaban J connectivity index is 0.000000298. The quantitative estimate of drug-likeness (QED) is 0.795. The number of carbonyl (C=O) groups is 2. The van der Waals surface area contributed by atoms with E-state index in [1.165, 1.54) is 24.1 Å². The Bertz CT molecular complexity index is 685. The van der Waals surface area contributed by atoms with Gasteiger partial charge in [0.1, 0.15) is 6.42 Å². The van der Waals surface area contributed by atoms with Crippen LogP contribution < -0.4 is 0 Å². The zero-order valence-electron chi connectivity index (χ0n) is 14.2. The third-order valence-electron chi connectivity index (χ3n) is 4.63. The van der Waals surface area contributed by atoms with Crippen molar-refractivity contribution in [3.63, 3.8) is 0 Å². The van der Waals surface area contributed by atoms with Crippen LogP contribution in [0.2, 0.25) is 0 Å². The van der Waals surface area contributed by atoms with E-state index in [-0.39, 0.29) is 0 Å². The van der Waals surface area contributed by atoms with Gasteiger partial charge in [-0.25, -0.2) is 0 Å². The molecule has 1 aromatic carbocycles. The van der Waals surface area contributed by atoms with Crippen LogP contribution in [0.25, 0.3) is 5.57 Å². The summed E-state index contributed by atoms with van der Waals surface area (Å²) >= 11 is 0. The van der Waals surface area contributed by atoms with Crippen molar-refractivity contribution < 1.29 is 33.0 Å². The van der Waals surface area contributed by atoms with Crippen molar-refractivity contribution in [3.8, 4) is 0 Å². The summed E-state index contributed by atoms with van der Waals surface area (Å²) in [4.78, 5) is 21.2. The summed E-state index contributed by atoms with van der Waals surface area (Å²) in [5.74, 6) is -2.62. The molecule has 5 nitrogen and oxygen atoms in total. The fourth-order valence-corrected chi connectivity index (χ4v) is 3.26. The number of alkyl halides is 3. The van der Waals surface area contributed by atoms with Crippen molar-refractivity contribution in [2.45, 2.75) is 43.9 Å². The average Bonchev–Trinajstić information content (AvgIpc) is 2.74. The molecule has 3 rings (SSSR count). The maximum Gasteiger partial charge on any atom is 0.416 e. The van der Waals surface area contributed by atoms with Crippen LogP contribution in [0.1, 0.15) is 36.8 Å². The van der Waals surface area contributed by atoms with Gasteiger partial charge in [-0.05, 0) is 49.6 Å². The highest BCUT2D eigenvalue weighted by molar-refractivity contribution is 5.88. The summed E-state index contributed by atoms with van der Waals surface area (Å²) in [5, 5.41) is 15.4. The third-order valence-corrected chi connectivity index (χ3v) is 4.63. The lowest BCUT2D eigenvalue weighted by Gasteiger charge is -2.30. The fourth-order valence-electron chi connectivity index (χ4n) is 3.26. The molecular formula is C18H20F3NO4. The summed E-state index contributed by atoms with van der Waals surface area (Å²) in [6.07, 6.45) is 0.441. The molecule has 1 saturated heterocycles. The number of likely N-dealkylation sites (N-methyl/N-ethyl adjacent to an activating group) is 1. The fraction of sp³-hybridized carbons (Fsp3) is 0.444. The Morgan fingerprint density at radius 2 is 1.69 bits per heavy atom. The maximum atomic E-state index is 12.5. The van der Waals surface area contributed by atoms with Gasteiger partial charge in [0.25, 0.3) is 0 Å². The largest absolute Gasteiger partial charge is 0.481 e. The van der Waals surface area contributed by atoms with Gasteiger partial charge in [-0.1, -0.05) is 18.2 Å². The average molecular weight is 371 g/mol. The Morgan fingerprint density at radius 1 is 1.12 bits per heavy atom. The zero-order chi connectivity index (χ0) is 19.5. The summed E-state index contributed by atoms with van der Waals surface area (Å²) in [5.41, 5.74) is 1.55. The molecule has 1 fully saturated rings. The first-order chi connectivity index (χ1) is 12.1. The summed E-state index contributed by atoms with van der Waals surface area (Å²) in [6, 6.07) is 6.55. The highest BCUT2D eigenvalue weighted by Gasteiger charge is 2.34. The number of halogens is 3. The molecule has 2 bridgehead atoms. The molecule has 0 radical (unpaired) electrons. The van der Waals surface area contributed by atoms with E-state index in [9.17, 15) is 22.8 Å². The van der Waals surface area contributed by atoms with Crippen LogP contribution in [0.3, 0.4) is 0 Å². The number of carboxylic acids is 2. The minimum absolute atomic E-state index is 0.455. The van der Waals surface area contributed by atoms with Crippen LogP contribution in [-0.2, 0) is 15.8 Å². The monoisotopic (exact) mass is 371 g/mol. The molecule has 8 heteroatoms. The highest BCUT2D eigenvalue weighted by Crippen LogP contribution is 2.38. The second-order valence-corrected chi connectivity index (χ2v) is 6.40. The van der Waals surface area contributed by atoms with E-state index in [1.807, 2.05) is 0 Å². The van der Waals surface area contributed by atoms with Crippen molar-refractivity contribution >= 4 is 17.5 Å². The van der Waals surface area contributed by atoms with Gasteiger partial charge in [0.2, 0.25) is 0 Å². The normalized spacial score (nSPS) is 22.2. The molecule has 2 aliphatic heterocycles. The van der Waals surface area contributed by atoms with Crippen LogP contribution >= 0.6 is 0 Å². The van der Waals surface area contributed by atoms with E-state index >= 15 is 0 Å². The highest BCUT2D eigenvalue weighted by atomic mass is 19.4. The number of rotatable bonds is 3. The van der Waals surface area contributed by atoms with Gasteiger partial charge in [0, 0.05) is 12.1 Å². The second kappa shape index (κ2) is 7.90. The Kier molecular flexibility index (Phi) is 6.07. The Labute approximate surface area is 148 Å². The standard InChI is InChI=1S/C15H16F3N.C3H4O4/c1-19-13-6-7-14(19)9-11(8-13)10-2-4-12(5-3-10)15(16,17)18;4-2(5)1-3(6)7/h2-5,8,13-14H,6-7,9H2,1H3;1H2,(H,4,5)(H,6,7). The lowest BCUT2D eigenvalue weighted by molar-refractivity contribution is -0.147. The zero-order valence-corrected chi connectivity index (χ0v) is 14.2. The molecule has 0 aromatic heterocycles. The van der Waals surface area contributed by atoms with Gasteiger partial charge < -0.3 is 10.2 Å². The van der Waals surface area contributed by atoms with E-state index in [1.54, 1.807) is 12.1 Å². The predicted octanol–water partition coefficient (Wildman–Crippen LogP) is 3.50. The summed E-state index contributed by atoms with van der Waals surface area (Å²) in [7, 11) is 2.13. The smallest absolute Gasteiger partial charge is 0.416 e. The number of hydrogen-bond acceptors (Lipinski definition) is 3. The van der Waals surface area contributed by atoms with Gasteiger partial charge in [0.05, 0.1) is 5.56 Å². The molecule has 2 N–H and O–H groups in total. The summed E-state index contributed by atoms with van der Waals surface area (Å²) in [6.45, 7) is 0. The van der Waals surface area contributed by atoms with Crippen LogP contribution in [0.15, 0.2) is 30.3 Å². The Morgan fingerprint density at radius 3 is 2.12 bits per heavy atom. The summed E-state index contributed by atoms with van der Waals surface area (Å²) < 4.78 is 37.6. The molecule has 26 heavy (non-hydrogen) atoms. The van der Waals surface area contributed by atoms with Crippen LogP contribution in [-0.4, -0.2) is 46.2 Å². The number of hydrogen-bond donors (Lipinski definition) is 2. The topological polar surface area (TPSA) is 77.8 Å². The van der Waals surface area contributed by atoms with E-state index in [0.717, 1.165) is 18.4 Å². The van der Waals surface area contributed by atoms with E-state index < -0.39 is 30.1 Å². The molecule has 1 aromatic rings. The van der Waals surface area contributed by atoms with Gasteiger partial charge in [-0.3, -0.25) is 14.5 Å². The number of fused-ring (bicyclic) bond motifs is 2. The van der Waals surface area contributed by atoms with Crippen molar-refractivity contribution in [1.29, 1.82) is 0 Å². The number of benzene rings is 1. The molecule has 0 amide bonds. The molecular weight excluding hydrogens is 351 g/mol. The van der Waals surface area contributed by atoms with E-state index in [0.29, 0.717) is 12.1 Å². The van der Waals surface area contributed by atoms with Crippen molar-refractivity contribution in [3.05, 3.63) is 41.5 Å². The van der Waals surface area contributed by atoms with E-state index in [2.05, 4.69) is 18.0 Å². The molecule has 0 aliphatic carbocycles. The first kappa shape index (κ1) is 20.0. The minimum atomic E-state index is -4.25. The molecule has 0 saturated carbocycles. The molecule has 0 spiro atoms. The third kappa shape index (κ3) is 5.08. The maximum absolute atomic E-state index is 12.5. The minimum Gasteiger partial charge on any atom is -0.481 e. The van der Waals surface area contributed by atoms with Crippen LogP contribution in [0.5, 0.6) is 0 Å². The van der Waals surface area contributed by atoms with Crippen molar-refractivity contribution in [2.24, 2.45) is 0 Å². The number of aliphatic carboxylic acids is 2. The SMILES string of the molecule is CN1C2C=C(c3ccc(C(F)(F)F)cc3)CC1CC2.O=C(O)CC(=O)O. The molecule has 2 aliphatic rings. The number of nitrogens with zero attached hydrogens (tertiary/aromatic N) is 1. The van der Waals surface area contributed by atoms with Gasteiger partial charge in [0.15, 0.2) is 0 Å². The first-order valence-corrected chi connectivity index (χ1v) is 8.11. The second-order valence-electron chi connectivity index (χ2n) is 6.40. The first-order valence-electron chi connectivity index (χ1n) is 8.11.